The second-order valence-electron chi connectivity index (χ2n) is 5.97. The molecule has 1 unspecified atom stereocenters. The van der Waals surface area contributed by atoms with E-state index < -0.39 is 23.0 Å². The van der Waals surface area contributed by atoms with Crippen molar-refractivity contribution in [3.8, 4) is 17.5 Å². The molecular weight excluding hydrogens is 315 g/mol. The van der Waals surface area contributed by atoms with E-state index in [1.165, 1.54) is 24.3 Å². The first-order valence-electron chi connectivity index (χ1n) is 7.47. The number of carbonyl (C=O) groups excluding carboxylic acids is 1. The van der Waals surface area contributed by atoms with Crippen molar-refractivity contribution in [2.45, 2.75) is 31.8 Å². The lowest BCUT2D eigenvalue weighted by molar-refractivity contribution is -0.123. The predicted molar refractivity (Wildman–Crippen MR) is 81.0 cm³/mol. The van der Waals surface area contributed by atoms with Crippen molar-refractivity contribution in [3.05, 3.63) is 40.6 Å². The molecule has 24 heavy (non-hydrogen) atoms. The zero-order valence-corrected chi connectivity index (χ0v) is 13.0. The molecule has 1 aromatic carbocycles. The van der Waals surface area contributed by atoms with Crippen molar-refractivity contribution in [1.29, 1.82) is 5.26 Å². The van der Waals surface area contributed by atoms with Gasteiger partial charge in [-0.2, -0.15) is 9.94 Å². The molecule has 7 nitrogen and oxygen atoms in total. The van der Waals surface area contributed by atoms with Gasteiger partial charge in [0.15, 0.2) is 0 Å². The minimum Gasteiger partial charge on any atom is -0.388 e. The van der Waals surface area contributed by atoms with Crippen LogP contribution in [0.4, 0.5) is 4.39 Å². The number of rotatable bonds is 5. The third-order valence-corrected chi connectivity index (χ3v) is 4.02. The maximum atomic E-state index is 12.9. The predicted octanol–water partition coefficient (Wildman–Crippen LogP) is 1.45. The number of carbonyl (C=O) groups is 1. The van der Waals surface area contributed by atoms with Crippen LogP contribution >= 0.6 is 0 Å². The van der Waals surface area contributed by atoms with Gasteiger partial charge in [0, 0.05) is 5.56 Å². The molecular formula is C16H15FN4O3. The molecule has 2 aromatic rings. The van der Waals surface area contributed by atoms with E-state index in [-0.39, 0.29) is 18.4 Å². The minimum absolute atomic E-state index is 0.00182. The highest BCUT2D eigenvalue weighted by molar-refractivity contribution is 5.77. The molecule has 0 radical (unpaired) electrons. The van der Waals surface area contributed by atoms with E-state index in [1.54, 1.807) is 6.92 Å². The van der Waals surface area contributed by atoms with E-state index in [4.69, 9.17) is 4.42 Å². The van der Waals surface area contributed by atoms with E-state index in [9.17, 15) is 19.2 Å². The van der Waals surface area contributed by atoms with Crippen LogP contribution in [0.5, 0.6) is 0 Å². The fraction of sp³-hybridized carbons (Fsp3) is 0.375. The molecule has 0 saturated heterocycles. The molecule has 0 spiro atoms. The second kappa shape index (κ2) is 5.92. The van der Waals surface area contributed by atoms with Gasteiger partial charge in [-0.1, -0.05) is 0 Å². The van der Waals surface area contributed by atoms with Crippen LogP contribution in [-0.2, 0) is 11.3 Å². The summed E-state index contributed by atoms with van der Waals surface area (Å²) < 4.78 is 18.8. The number of nitrogens with zero attached hydrogens (tertiary/aromatic N) is 3. The maximum absolute atomic E-state index is 12.9. The number of nitrogens with one attached hydrogen (secondary N) is 1. The Morgan fingerprint density at radius 3 is 2.75 bits per heavy atom. The van der Waals surface area contributed by atoms with Gasteiger partial charge in [0.2, 0.25) is 11.8 Å². The summed E-state index contributed by atoms with van der Waals surface area (Å²) in [5, 5.41) is 15.8. The van der Waals surface area contributed by atoms with Crippen molar-refractivity contribution in [2.75, 3.05) is 0 Å². The maximum Gasteiger partial charge on any atom is 0.437 e. The lowest BCUT2D eigenvalue weighted by Gasteiger charge is -2.22. The van der Waals surface area contributed by atoms with Gasteiger partial charge in [-0.05, 0) is 49.9 Å². The Bertz CT molecular complexity index is 861. The van der Waals surface area contributed by atoms with Crippen molar-refractivity contribution >= 4 is 5.91 Å². The summed E-state index contributed by atoms with van der Waals surface area (Å²) in [5.74, 6) is -1.58. The quantitative estimate of drug-likeness (QED) is 0.894. The average molecular weight is 330 g/mol. The zero-order chi connectivity index (χ0) is 17.3. The highest BCUT2D eigenvalue weighted by atomic mass is 19.1. The monoisotopic (exact) mass is 330 g/mol. The number of hydrogen-bond acceptors (Lipinski definition) is 5. The number of halogens is 1. The molecule has 1 heterocycles. The van der Waals surface area contributed by atoms with Crippen LogP contribution in [0.25, 0.3) is 11.5 Å². The van der Waals surface area contributed by atoms with E-state index in [0.717, 1.165) is 17.5 Å². The van der Waals surface area contributed by atoms with Gasteiger partial charge in [-0.25, -0.2) is 9.18 Å². The van der Waals surface area contributed by atoms with Crippen LogP contribution in [0, 0.1) is 23.1 Å². The molecule has 1 aliphatic rings. The van der Waals surface area contributed by atoms with Gasteiger partial charge < -0.3 is 9.73 Å². The average Bonchev–Trinajstić information content (AvgIpc) is 3.34. The topological polar surface area (TPSA) is 101 Å². The summed E-state index contributed by atoms with van der Waals surface area (Å²) in [6, 6.07) is 7.39. The van der Waals surface area contributed by atoms with Crippen LogP contribution < -0.4 is 11.1 Å². The van der Waals surface area contributed by atoms with E-state index in [2.05, 4.69) is 16.5 Å². The molecule has 0 bridgehead atoms. The summed E-state index contributed by atoms with van der Waals surface area (Å²) >= 11 is 0. The Hall–Kier alpha value is -2.95. The summed E-state index contributed by atoms with van der Waals surface area (Å²) in [5.41, 5.74) is -0.517. The largest absolute Gasteiger partial charge is 0.437 e. The Kier molecular flexibility index (Phi) is 3.93. The third kappa shape index (κ3) is 3.20. The highest BCUT2D eigenvalue weighted by Crippen LogP contribution is 2.39. The molecule has 1 saturated carbocycles. The van der Waals surface area contributed by atoms with E-state index in [1.807, 2.05) is 0 Å². The molecule has 0 aliphatic heterocycles. The molecule has 8 heteroatoms. The van der Waals surface area contributed by atoms with Crippen LogP contribution in [0.2, 0.25) is 0 Å². The van der Waals surface area contributed by atoms with Crippen molar-refractivity contribution in [1.82, 2.24) is 15.1 Å². The van der Waals surface area contributed by atoms with Crippen molar-refractivity contribution in [3.63, 3.8) is 0 Å². The third-order valence-electron chi connectivity index (χ3n) is 4.02. The van der Waals surface area contributed by atoms with Gasteiger partial charge in [0.1, 0.15) is 17.9 Å². The SMILES string of the molecule is CC(C#N)(NC(=O)Cn1nc(-c2ccc(F)cc2)oc1=O)C1CC1. The summed E-state index contributed by atoms with van der Waals surface area (Å²) in [6.45, 7) is 1.31. The summed E-state index contributed by atoms with van der Waals surface area (Å²) in [4.78, 5) is 23.9. The summed E-state index contributed by atoms with van der Waals surface area (Å²) in [7, 11) is 0. The standard InChI is InChI=1S/C16H15FN4O3/c1-16(9-18,11-4-5-11)19-13(22)8-21-15(23)24-14(20-21)10-2-6-12(17)7-3-10/h2-3,6-7,11H,4-5,8H2,1H3,(H,19,22). The molecule has 1 fully saturated rings. The Morgan fingerprint density at radius 1 is 1.50 bits per heavy atom. The van der Waals surface area contributed by atoms with Crippen LogP contribution in [0.3, 0.4) is 0 Å². The van der Waals surface area contributed by atoms with Gasteiger partial charge in [-0.15, -0.1) is 5.10 Å². The molecule has 1 atom stereocenters. The molecule has 1 aromatic heterocycles. The lowest BCUT2D eigenvalue weighted by atomic mass is 9.98. The fourth-order valence-corrected chi connectivity index (χ4v) is 2.46. The number of nitriles is 1. The highest BCUT2D eigenvalue weighted by Gasteiger charge is 2.43. The molecule has 1 N–H and O–H groups in total. The molecule has 1 aliphatic carbocycles. The van der Waals surface area contributed by atoms with Gasteiger partial charge >= 0.3 is 5.76 Å². The normalized spacial score (nSPS) is 16.2. The molecule has 1 amide bonds. The van der Waals surface area contributed by atoms with Crippen LogP contribution in [0.15, 0.2) is 33.5 Å². The molecule has 124 valence electrons. The van der Waals surface area contributed by atoms with Gasteiger partial charge in [-0.3, -0.25) is 4.79 Å². The summed E-state index contributed by atoms with van der Waals surface area (Å²) in [6.07, 6.45) is 1.78. The van der Waals surface area contributed by atoms with Gasteiger partial charge in [0.25, 0.3) is 0 Å². The first-order chi connectivity index (χ1) is 11.4. The number of benzene rings is 1. The lowest BCUT2D eigenvalue weighted by Crippen LogP contribution is -2.48. The second-order valence-corrected chi connectivity index (χ2v) is 5.97. The number of amides is 1. The number of hydrogen-bond donors (Lipinski definition) is 1. The Labute approximate surface area is 136 Å². The zero-order valence-electron chi connectivity index (χ0n) is 13.0. The Balaban J connectivity index is 1.74. The smallest absolute Gasteiger partial charge is 0.388 e. The van der Waals surface area contributed by atoms with Crippen molar-refractivity contribution in [2.24, 2.45) is 5.92 Å². The van der Waals surface area contributed by atoms with Crippen LogP contribution in [0.1, 0.15) is 19.8 Å². The number of aromatic nitrogens is 2. The van der Waals surface area contributed by atoms with E-state index in [0.29, 0.717) is 5.56 Å². The van der Waals surface area contributed by atoms with Gasteiger partial charge in [0.05, 0.1) is 6.07 Å². The first kappa shape index (κ1) is 15.9. The van der Waals surface area contributed by atoms with Crippen LogP contribution in [-0.4, -0.2) is 21.2 Å². The Morgan fingerprint density at radius 2 is 2.17 bits per heavy atom. The first-order valence-corrected chi connectivity index (χ1v) is 7.47. The van der Waals surface area contributed by atoms with Crippen molar-refractivity contribution < 1.29 is 13.6 Å². The molecule has 3 rings (SSSR count). The fourth-order valence-electron chi connectivity index (χ4n) is 2.46. The minimum atomic E-state index is -0.940. The van der Waals surface area contributed by atoms with E-state index >= 15 is 0 Å².